The summed E-state index contributed by atoms with van der Waals surface area (Å²) in [5.41, 5.74) is 1.24. The second-order valence-electron chi connectivity index (χ2n) is 4.54. The van der Waals surface area contributed by atoms with Gasteiger partial charge in [0.15, 0.2) is 0 Å². The van der Waals surface area contributed by atoms with Gasteiger partial charge < -0.3 is 0 Å². The molecular formula is C12H17NS2. The van der Waals surface area contributed by atoms with Crippen LogP contribution in [0.1, 0.15) is 39.2 Å². The molecule has 0 N–H and O–H groups in total. The van der Waals surface area contributed by atoms with Gasteiger partial charge in [-0.05, 0) is 17.7 Å². The Balaban J connectivity index is 2.70. The standard InChI is InChI=1S/C12H17NS2/c1-9(10-5-7-13-8-6-10)11(14)15-12(2,3)4/h5-9H,1-4H3. The molecular weight excluding hydrogens is 222 g/mol. The van der Waals surface area contributed by atoms with Crippen LogP contribution in [0.5, 0.6) is 0 Å². The van der Waals surface area contributed by atoms with E-state index in [1.54, 1.807) is 11.8 Å². The molecule has 0 aliphatic heterocycles. The Morgan fingerprint density at radius 3 is 2.33 bits per heavy atom. The van der Waals surface area contributed by atoms with E-state index < -0.39 is 0 Å². The van der Waals surface area contributed by atoms with Crippen LogP contribution in [0.2, 0.25) is 0 Å². The smallest absolute Gasteiger partial charge is 0.0555 e. The summed E-state index contributed by atoms with van der Waals surface area (Å²) in [6, 6.07) is 4.06. The topological polar surface area (TPSA) is 12.9 Å². The number of hydrogen-bond donors (Lipinski definition) is 0. The zero-order chi connectivity index (χ0) is 11.5. The van der Waals surface area contributed by atoms with Crippen LogP contribution in [0.3, 0.4) is 0 Å². The summed E-state index contributed by atoms with van der Waals surface area (Å²) in [4.78, 5) is 4.01. The summed E-state index contributed by atoms with van der Waals surface area (Å²) >= 11 is 7.22. The summed E-state index contributed by atoms with van der Waals surface area (Å²) in [5.74, 6) is 0.312. The molecule has 1 rings (SSSR count). The van der Waals surface area contributed by atoms with Crippen LogP contribution in [-0.4, -0.2) is 13.9 Å². The summed E-state index contributed by atoms with van der Waals surface area (Å²) < 4.78 is 1.24. The highest BCUT2D eigenvalue weighted by Crippen LogP contribution is 2.31. The minimum Gasteiger partial charge on any atom is -0.265 e. The Hall–Kier alpha value is -0.410. The number of aromatic nitrogens is 1. The molecule has 82 valence electrons. The lowest BCUT2D eigenvalue weighted by atomic mass is 10.1. The van der Waals surface area contributed by atoms with E-state index in [2.05, 4.69) is 32.7 Å². The highest BCUT2D eigenvalue weighted by atomic mass is 32.2. The third kappa shape index (κ3) is 4.31. The molecule has 0 spiro atoms. The normalized spacial score (nSPS) is 13.6. The number of thiocarbonyl (C=S) groups is 1. The van der Waals surface area contributed by atoms with E-state index in [1.165, 1.54) is 5.56 Å². The fourth-order valence-corrected chi connectivity index (χ4v) is 2.98. The van der Waals surface area contributed by atoms with Gasteiger partial charge in [-0.1, -0.05) is 39.9 Å². The molecule has 3 heteroatoms. The van der Waals surface area contributed by atoms with E-state index in [4.69, 9.17) is 12.2 Å². The molecule has 0 saturated carbocycles. The molecule has 1 aromatic rings. The average molecular weight is 239 g/mol. The van der Waals surface area contributed by atoms with E-state index >= 15 is 0 Å². The molecule has 1 heterocycles. The molecule has 0 radical (unpaired) electrons. The molecule has 0 fully saturated rings. The van der Waals surface area contributed by atoms with Crippen molar-refractivity contribution in [1.82, 2.24) is 4.98 Å². The van der Waals surface area contributed by atoms with Gasteiger partial charge in [0.2, 0.25) is 0 Å². The summed E-state index contributed by atoms with van der Waals surface area (Å²) in [7, 11) is 0. The molecule has 1 aromatic heterocycles. The molecule has 0 aliphatic carbocycles. The predicted octanol–water partition coefficient (Wildman–Crippen LogP) is 4.04. The maximum atomic E-state index is 5.45. The highest BCUT2D eigenvalue weighted by Gasteiger charge is 2.19. The molecule has 0 bridgehead atoms. The first kappa shape index (κ1) is 12.7. The van der Waals surface area contributed by atoms with Crippen LogP contribution in [0, 0.1) is 0 Å². The number of nitrogens with zero attached hydrogens (tertiary/aromatic N) is 1. The van der Waals surface area contributed by atoms with Gasteiger partial charge in [-0.25, -0.2) is 0 Å². The number of rotatable bonds is 2. The number of thioether (sulfide) groups is 1. The Kier molecular flexibility index (Phi) is 4.29. The van der Waals surface area contributed by atoms with Crippen LogP contribution < -0.4 is 0 Å². The van der Waals surface area contributed by atoms with Gasteiger partial charge in [0.05, 0.1) is 4.20 Å². The quantitative estimate of drug-likeness (QED) is 0.723. The summed E-state index contributed by atoms with van der Waals surface area (Å²) in [5, 5.41) is 0. The Morgan fingerprint density at radius 1 is 1.33 bits per heavy atom. The van der Waals surface area contributed by atoms with Crippen molar-refractivity contribution >= 4 is 28.2 Å². The molecule has 0 aliphatic rings. The SMILES string of the molecule is CC(C(=S)SC(C)(C)C)c1ccncc1. The maximum Gasteiger partial charge on any atom is 0.0555 e. The first-order valence-electron chi connectivity index (χ1n) is 5.03. The first-order chi connectivity index (χ1) is 6.90. The van der Waals surface area contributed by atoms with E-state index in [-0.39, 0.29) is 4.75 Å². The minimum absolute atomic E-state index is 0.193. The van der Waals surface area contributed by atoms with E-state index in [1.807, 2.05) is 24.5 Å². The number of hydrogen-bond acceptors (Lipinski definition) is 3. The van der Waals surface area contributed by atoms with Crippen molar-refractivity contribution in [2.75, 3.05) is 0 Å². The second-order valence-corrected chi connectivity index (χ2v) is 7.10. The molecule has 1 unspecified atom stereocenters. The largest absolute Gasteiger partial charge is 0.265 e. The van der Waals surface area contributed by atoms with Gasteiger partial charge >= 0.3 is 0 Å². The molecule has 0 aromatic carbocycles. The molecule has 15 heavy (non-hydrogen) atoms. The Bertz CT molecular complexity index is 327. The summed E-state index contributed by atoms with van der Waals surface area (Å²) in [6.45, 7) is 8.70. The van der Waals surface area contributed by atoms with Gasteiger partial charge in [-0.2, -0.15) is 0 Å². The van der Waals surface area contributed by atoms with Crippen molar-refractivity contribution < 1.29 is 0 Å². The van der Waals surface area contributed by atoms with Crippen LogP contribution >= 0.6 is 24.0 Å². The molecule has 1 nitrogen and oxygen atoms in total. The van der Waals surface area contributed by atoms with Crippen molar-refractivity contribution in [3.05, 3.63) is 30.1 Å². The van der Waals surface area contributed by atoms with Gasteiger partial charge in [0.1, 0.15) is 0 Å². The van der Waals surface area contributed by atoms with Crippen molar-refractivity contribution in [2.24, 2.45) is 0 Å². The van der Waals surface area contributed by atoms with Crippen molar-refractivity contribution in [2.45, 2.75) is 38.4 Å². The van der Waals surface area contributed by atoms with E-state index in [9.17, 15) is 0 Å². The van der Waals surface area contributed by atoms with Crippen LogP contribution in [0.4, 0.5) is 0 Å². The molecule has 0 amide bonds. The average Bonchev–Trinajstić information content (AvgIpc) is 2.15. The van der Waals surface area contributed by atoms with Crippen LogP contribution in [0.15, 0.2) is 24.5 Å². The molecule has 1 atom stereocenters. The molecule has 0 saturated heterocycles. The van der Waals surface area contributed by atoms with Crippen LogP contribution in [-0.2, 0) is 0 Å². The summed E-state index contributed by atoms with van der Waals surface area (Å²) in [6.07, 6.45) is 3.63. The lowest BCUT2D eigenvalue weighted by Gasteiger charge is -2.21. The van der Waals surface area contributed by atoms with Crippen LogP contribution in [0.25, 0.3) is 0 Å². The van der Waals surface area contributed by atoms with Gasteiger partial charge in [0.25, 0.3) is 0 Å². The minimum atomic E-state index is 0.193. The fourth-order valence-electron chi connectivity index (χ4n) is 1.18. The zero-order valence-corrected chi connectivity index (χ0v) is 11.3. The number of pyridine rings is 1. The van der Waals surface area contributed by atoms with Crippen molar-refractivity contribution in [3.63, 3.8) is 0 Å². The zero-order valence-electron chi connectivity index (χ0n) is 9.65. The van der Waals surface area contributed by atoms with Crippen molar-refractivity contribution in [1.29, 1.82) is 0 Å². The maximum absolute atomic E-state index is 5.45. The van der Waals surface area contributed by atoms with Gasteiger partial charge in [-0.3, -0.25) is 4.98 Å². The van der Waals surface area contributed by atoms with E-state index in [0.717, 1.165) is 4.20 Å². The third-order valence-corrected chi connectivity index (χ3v) is 3.74. The fraction of sp³-hybridized carbons (Fsp3) is 0.500. The van der Waals surface area contributed by atoms with Crippen molar-refractivity contribution in [3.8, 4) is 0 Å². The van der Waals surface area contributed by atoms with Gasteiger partial charge in [-0.15, -0.1) is 11.8 Å². The third-order valence-electron chi connectivity index (χ3n) is 1.97. The lowest BCUT2D eigenvalue weighted by molar-refractivity contribution is 0.808. The highest BCUT2D eigenvalue weighted by molar-refractivity contribution is 8.24. The second kappa shape index (κ2) is 5.08. The van der Waals surface area contributed by atoms with E-state index in [0.29, 0.717) is 5.92 Å². The lowest BCUT2D eigenvalue weighted by Crippen LogP contribution is -2.14. The Labute approximate surface area is 102 Å². The Morgan fingerprint density at radius 2 is 1.87 bits per heavy atom. The predicted molar refractivity (Wildman–Crippen MR) is 72.6 cm³/mol. The first-order valence-corrected chi connectivity index (χ1v) is 6.25. The monoisotopic (exact) mass is 239 g/mol. The van der Waals surface area contributed by atoms with Gasteiger partial charge in [0, 0.05) is 23.1 Å².